The van der Waals surface area contributed by atoms with Gasteiger partial charge in [-0.15, -0.1) is 0 Å². The van der Waals surface area contributed by atoms with Gasteiger partial charge < -0.3 is 15.2 Å². The van der Waals surface area contributed by atoms with E-state index in [1.807, 2.05) is 0 Å². The summed E-state index contributed by atoms with van der Waals surface area (Å²) < 4.78 is 5.45. The molecule has 0 spiro atoms. The molecule has 1 aromatic rings. The Morgan fingerprint density at radius 2 is 2.06 bits per heavy atom. The van der Waals surface area contributed by atoms with Gasteiger partial charge in [-0.3, -0.25) is 0 Å². The molecule has 0 radical (unpaired) electrons. The zero-order valence-corrected chi connectivity index (χ0v) is 11.9. The van der Waals surface area contributed by atoms with Crippen LogP contribution in [-0.4, -0.2) is 25.4 Å². The summed E-state index contributed by atoms with van der Waals surface area (Å²) in [7, 11) is 1.71. The molecule has 3 nitrogen and oxygen atoms in total. The van der Waals surface area contributed by atoms with E-state index in [1.54, 1.807) is 7.11 Å². The topological polar surface area (TPSA) is 41.5 Å². The zero-order chi connectivity index (χ0) is 13.5. The molecule has 0 heterocycles. The summed E-state index contributed by atoms with van der Waals surface area (Å²) in [5.41, 5.74) is 3.60. The van der Waals surface area contributed by atoms with Crippen molar-refractivity contribution >= 4 is 0 Å². The number of ether oxygens (including phenoxy) is 1. The van der Waals surface area contributed by atoms with E-state index < -0.39 is 0 Å². The van der Waals surface area contributed by atoms with Crippen LogP contribution >= 0.6 is 0 Å². The monoisotopic (exact) mass is 251 g/mol. The van der Waals surface area contributed by atoms with Crippen LogP contribution in [0.15, 0.2) is 12.1 Å². The Balaban J connectivity index is 2.66. The maximum absolute atomic E-state index is 9.15. The summed E-state index contributed by atoms with van der Waals surface area (Å²) in [6.07, 6.45) is 0.994. The van der Waals surface area contributed by atoms with Gasteiger partial charge in [0, 0.05) is 25.3 Å². The quantitative estimate of drug-likeness (QED) is 0.782. The van der Waals surface area contributed by atoms with Gasteiger partial charge in [-0.05, 0) is 31.7 Å². The number of aryl methyl sites for hydroxylation is 2. The lowest BCUT2D eigenvalue weighted by Crippen LogP contribution is -2.24. The lowest BCUT2D eigenvalue weighted by atomic mass is 10.0. The number of nitrogens with one attached hydrogen (secondary N) is 1. The number of hydrogen-bond acceptors (Lipinski definition) is 3. The van der Waals surface area contributed by atoms with E-state index in [2.05, 4.69) is 38.2 Å². The molecular formula is C15H25NO2. The molecule has 0 fully saturated rings. The second-order valence-electron chi connectivity index (χ2n) is 4.86. The van der Waals surface area contributed by atoms with Crippen molar-refractivity contribution in [1.82, 2.24) is 5.32 Å². The lowest BCUT2D eigenvalue weighted by Gasteiger charge is -2.16. The minimum absolute atomic E-state index is 0.244. The molecule has 0 aliphatic carbocycles. The van der Waals surface area contributed by atoms with Crippen LogP contribution in [0.5, 0.6) is 5.75 Å². The molecule has 0 saturated heterocycles. The molecule has 0 bridgehead atoms. The molecule has 0 aliphatic rings. The Labute approximate surface area is 110 Å². The summed E-state index contributed by atoms with van der Waals surface area (Å²) in [6, 6.07) is 4.28. The van der Waals surface area contributed by atoms with Crippen LogP contribution in [0.3, 0.4) is 0 Å². The van der Waals surface area contributed by atoms with Gasteiger partial charge in [-0.1, -0.05) is 24.6 Å². The first-order valence-corrected chi connectivity index (χ1v) is 6.58. The molecule has 102 valence electrons. The minimum Gasteiger partial charge on any atom is -0.496 e. The second kappa shape index (κ2) is 7.39. The minimum atomic E-state index is 0.244. The normalized spacial score (nSPS) is 12.5. The lowest BCUT2D eigenvalue weighted by molar-refractivity contribution is 0.218. The van der Waals surface area contributed by atoms with E-state index >= 15 is 0 Å². The molecule has 1 aromatic carbocycles. The summed E-state index contributed by atoms with van der Waals surface area (Å²) in [5, 5.41) is 12.5. The highest BCUT2D eigenvalue weighted by Crippen LogP contribution is 2.24. The number of methoxy groups -OCH3 is 1. The second-order valence-corrected chi connectivity index (χ2v) is 4.86. The fourth-order valence-electron chi connectivity index (χ4n) is 2.21. The van der Waals surface area contributed by atoms with Gasteiger partial charge in [0.15, 0.2) is 0 Å². The standard InChI is InChI=1S/C15H25NO2/c1-5-13(10-17)8-16-9-14-7-11(2)6-12(3)15(14)18-4/h6-7,13,16-17H,5,8-10H2,1-4H3. The summed E-state index contributed by atoms with van der Waals surface area (Å²) >= 11 is 0. The number of aliphatic hydroxyl groups excluding tert-OH is 1. The van der Waals surface area contributed by atoms with Crippen molar-refractivity contribution in [1.29, 1.82) is 0 Å². The first-order valence-electron chi connectivity index (χ1n) is 6.58. The number of rotatable bonds is 7. The molecule has 1 unspecified atom stereocenters. The molecule has 1 rings (SSSR count). The number of benzene rings is 1. The average Bonchev–Trinajstić information content (AvgIpc) is 2.34. The molecule has 3 heteroatoms. The maximum Gasteiger partial charge on any atom is 0.126 e. The fourth-order valence-corrected chi connectivity index (χ4v) is 2.21. The van der Waals surface area contributed by atoms with Crippen molar-refractivity contribution in [2.24, 2.45) is 5.92 Å². The smallest absolute Gasteiger partial charge is 0.126 e. The summed E-state index contributed by atoms with van der Waals surface area (Å²) in [4.78, 5) is 0. The average molecular weight is 251 g/mol. The van der Waals surface area contributed by atoms with Crippen molar-refractivity contribution in [2.45, 2.75) is 33.7 Å². The molecular weight excluding hydrogens is 226 g/mol. The van der Waals surface area contributed by atoms with Gasteiger partial charge in [0.1, 0.15) is 5.75 Å². The highest BCUT2D eigenvalue weighted by atomic mass is 16.5. The van der Waals surface area contributed by atoms with Gasteiger partial charge in [-0.25, -0.2) is 0 Å². The molecule has 0 amide bonds. The predicted octanol–water partition coefficient (Wildman–Crippen LogP) is 2.42. The third kappa shape index (κ3) is 4.00. The van der Waals surface area contributed by atoms with Gasteiger partial charge in [-0.2, -0.15) is 0 Å². The van der Waals surface area contributed by atoms with Crippen molar-refractivity contribution in [3.8, 4) is 5.75 Å². The van der Waals surface area contributed by atoms with E-state index in [0.717, 1.165) is 25.3 Å². The highest BCUT2D eigenvalue weighted by molar-refractivity contribution is 5.43. The SMILES string of the molecule is CCC(CO)CNCc1cc(C)cc(C)c1OC. The first-order chi connectivity index (χ1) is 8.62. The van der Waals surface area contributed by atoms with Crippen LogP contribution in [-0.2, 0) is 6.54 Å². The van der Waals surface area contributed by atoms with Gasteiger partial charge in [0.05, 0.1) is 7.11 Å². The van der Waals surface area contributed by atoms with Crippen LogP contribution in [0.25, 0.3) is 0 Å². The van der Waals surface area contributed by atoms with Crippen molar-refractivity contribution in [2.75, 3.05) is 20.3 Å². The van der Waals surface area contributed by atoms with Crippen LogP contribution < -0.4 is 10.1 Å². The number of aliphatic hydroxyl groups is 1. The third-order valence-electron chi connectivity index (χ3n) is 3.28. The molecule has 2 N–H and O–H groups in total. The maximum atomic E-state index is 9.15. The van der Waals surface area contributed by atoms with E-state index in [4.69, 9.17) is 9.84 Å². The summed E-state index contributed by atoms with van der Waals surface area (Å²) in [6.45, 7) is 8.12. The highest BCUT2D eigenvalue weighted by Gasteiger charge is 2.08. The molecule has 1 atom stereocenters. The Morgan fingerprint density at radius 3 is 2.61 bits per heavy atom. The molecule has 0 aliphatic heterocycles. The van der Waals surface area contributed by atoms with Crippen molar-refractivity contribution in [3.63, 3.8) is 0 Å². The molecule has 0 saturated carbocycles. The third-order valence-corrected chi connectivity index (χ3v) is 3.28. The number of hydrogen-bond donors (Lipinski definition) is 2. The van der Waals surface area contributed by atoms with Crippen LogP contribution in [0.4, 0.5) is 0 Å². The predicted molar refractivity (Wildman–Crippen MR) is 75.0 cm³/mol. The van der Waals surface area contributed by atoms with Gasteiger partial charge >= 0.3 is 0 Å². The van der Waals surface area contributed by atoms with E-state index in [-0.39, 0.29) is 6.61 Å². The first kappa shape index (κ1) is 15.0. The fraction of sp³-hybridized carbons (Fsp3) is 0.600. The molecule has 18 heavy (non-hydrogen) atoms. The van der Waals surface area contributed by atoms with E-state index in [9.17, 15) is 0 Å². The summed E-state index contributed by atoms with van der Waals surface area (Å²) in [5.74, 6) is 1.30. The Bertz CT molecular complexity index is 373. The molecule has 0 aromatic heterocycles. The van der Waals surface area contributed by atoms with Crippen LogP contribution in [0.2, 0.25) is 0 Å². The Hall–Kier alpha value is -1.06. The van der Waals surface area contributed by atoms with Gasteiger partial charge in [0.25, 0.3) is 0 Å². The van der Waals surface area contributed by atoms with Crippen molar-refractivity contribution in [3.05, 3.63) is 28.8 Å². The van der Waals surface area contributed by atoms with Crippen molar-refractivity contribution < 1.29 is 9.84 Å². The van der Waals surface area contributed by atoms with E-state index in [0.29, 0.717) is 5.92 Å². The Morgan fingerprint density at radius 1 is 1.33 bits per heavy atom. The van der Waals surface area contributed by atoms with Crippen LogP contribution in [0.1, 0.15) is 30.0 Å². The largest absolute Gasteiger partial charge is 0.496 e. The van der Waals surface area contributed by atoms with Gasteiger partial charge in [0.2, 0.25) is 0 Å². The van der Waals surface area contributed by atoms with Crippen LogP contribution in [0, 0.1) is 19.8 Å². The van der Waals surface area contributed by atoms with E-state index in [1.165, 1.54) is 16.7 Å². The zero-order valence-electron chi connectivity index (χ0n) is 11.9. The Kier molecular flexibility index (Phi) is 6.16.